The molecule has 1 aliphatic carbocycles. The Hall–Kier alpha value is -1.02. The first-order chi connectivity index (χ1) is 8.69. The zero-order valence-electron chi connectivity index (χ0n) is 11.5. The van der Waals surface area contributed by atoms with Gasteiger partial charge in [0, 0.05) is 12.1 Å². The van der Waals surface area contributed by atoms with Crippen molar-refractivity contribution in [3.63, 3.8) is 0 Å². The Morgan fingerprint density at radius 3 is 2.61 bits per heavy atom. The summed E-state index contributed by atoms with van der Waals surface area (Å²) in [7, 11) is 0. The van der Waals surface area contributed by atoms with Crippen molar-refractivity contribution in [1.82, 2.24) is 5.32 Å². The van der Waals surface area contributed by atoms with Crippen molar-refractivity contribution in [2.75, 3.05) is 0 Å². The van der Waals surface area contributed by atoms with Gasteiger partial charge in [-0.3, -0.25) is 0 Å². The number of nitrogens with one attached hydrogen (secondary N) is 1. The van der Waals surface area contributed by atoms with Gasteiger partial charge in [0.1, 0.15) is 5.75 Å². The van der Waals surface area contributed by atoms with Crippen molar-refractivity contribution < 1.29 is 5.11 Å². The van der Waals surface area contributed by atoms with Gasteiger partial charge >= 0.3 is 0 Å². The molecule has 0 saturated heterocycles. The lowest BCUT2D eigenvalue weighted by Gasteiger charge is -2.31. The smallest absolute Gasteiger partial charge is 0.115 e. The Kier molecular flexibility index (Phi) is 4.65. The molecule has 100 valence electrons. The average Bonchev–Trinajstić information content (AvgIpc) is 2.37. The Labute approximate surface area is 110 Å². The quantitative estimate of drug-likeness (QED) is 0.842. The Bertz CT molecular complexity index is 360. The van der Waals surface area contributed by atoms with Gasteiger partial charge in [-0.05, 0) is 42.9 Å². The minimum Gasteiger partial charge on any atom is -0.508 e. The van der Waals surface area contributed by atoms with Crippen LogP contribution in [-0.2, 0) is 0 Å². The molecule has 0 radical (unpaired) electrons. The second-order valence-electron chi connectivity index (χ2n) is 5.69. The summed E-state index contributed by atoms with van der Waals surface area (Å²) in [5.74, 6) is 1.20. The second-order valence-corrected chi connectivity index (χ2v) is 5.69. The number of rotatable bonds is 4. The first kappa shape index (κ1) is 13.4. The minimum atomic E-state index is 0.347. The summed E-state index contributed by atoms with van der Waals surface area (Å²) in [5.41, 5.74) is 1.29. The van der Waals surface area contributed by atoms with Crippen molar-refractivity contribution in [3.05, 3.63) is 29.8 Å². The lowest BCUT2D eigenvalue weighted by atomic mass is 9.86. The van der Waals surface area contributed by atoms with E-state index in [0.29, 0.717) is 17.8 Å². The van der Waals surface area contributed by atoms with Crippen molar-refractivity contribution in [2.24, 2.45) is 5.92 Å². The van der Waals surface area contributed by atoms with E-state index in [2.05, 4.69) is 19.2 Å². The van der Waals surface area contributed by atoms with Crippen LogP contribution in [0.2, 0.25) is 0 Å². The van der Waals surface area contributed by atoms with Crippen LogP contribution in [0.3, 0.4) is 0 Å². The van der Waals surface area contributed by atoms with Crippen LogP contribution < -0.4 is 5.32 Å². The van der Waals surface area contributed by atoms with E-state index in [1.807, 2.05) is 12.1 Å². The molecule has 0 bridgehead atoms. The maximum atomic E-state index is 9.35. The van der Waals surface area contributed by atoms with Crippen LogP contribution in [0.1, 0.15) is 57.6 Å². The Balaban J connectivity index is 1.98. The highest BCUT2D eigenvalue weighted by molar-refractivity contribution is 5.28. The molecular weight excluding hydrogens is 222 g/mol. The molecule has 3 unspecified atom stereocenters. The lowest BCUT2D eigenvalue weighted by molar-refractivity contribution is 0.278. The molecule has 0 heterocycles. The molecule has 0 aromatic heterocycles. The van der Waals surface area contributed by atoms with Crippen LogP contribution in [0, 0.1) is 5.92 Å². The van der Waals surface area contributed by atoms with Gasteiger partial charge in [0.25, 0.3) is 0 Å². The molecule has 0 amide bonds. The van der Waals surface area contributed by atoms with Crippen LogP contribution in [0.25, 0.3) is 0 Å². The molecule has 0 spiro atoms. The Morgan fingerprint density at radius 1 is 1.28 bits per heavy atom. The summed E-state index contributed by atoms with van der Waals surface area (Å²) in [5, 5.41) is 13.1. The van der Waals surface area contributed by atoms with Crippen LogP contribution in [0.15, 0.2) is 24.3 Å². The van der Waals surface area contributed by atoms with E-state index >= 15 is 0 Å². The maximum Gasteiger partial charge on any atom is 0.115 e. The van der Waals surface area contributed by atoms with Gasteiger partial charge in [-0.1, -0.05) is 38.8 Å². The summed E-state index contributed by atoms with van der Waals surface area (Å²) in [6.07, 6.45) is 6.43. The predicted octanol–water partition coefficient (Wildman–Crippen LogP) is 4.01. The molecule has 1 aliphatic rings. The topological polar surface area (TPSA) is 32.3 Å². The fraction of sp³-hybridized carbons (Fsp3) is 0.625. The molecule has 2 N–H and O–H groups in total. The van der Waals surface area contributed by atoms with Gasteiger partial charge in [-0.2, -0.15) is 0 Å². The van der Waals surface area contributed by atoms with Gasteiger partial charge in [0.2, 0.25) is 0 Å². The van der Waals surface area contributed by atoms with Gasteiger partial charge in [0.15, 0.2) is 0 Å². The fourth-order valence-corrected chi connectivity index (χ4v) is 3.03. The number of benzene rings is 1. The van der Waals surface area contributed by atoms with Crippen LogP contribution in [0.4, 0.5) is 0 Å². The zero-order valence-corrected chi connectivity index (χ0v) is 11.5. The largest absolute Gasteiger partial charge is 0.508 e. The number of phenols is 1. The fourth-order valence-electron chi connectivity index (χ4n) is 3.03. The van der Waals surface area contributed by atoms with Crippen LogP contribution in [-0.4, -0.2) is 11.1 Å². The summed E-state index contributed by atoms with van der Waals surface area (Å²) < 4.78 is 0. The van der Waals surface area contributed by atoms with Gasteiger partial charge in [-0.15, -0.1) is 0 Å². The summed E-state index contributed by atoms with van der Waals surface area (Å²) in [6, 6.07) is 8.70. The monoisotopic (exact) mass is 247 g/mol. The van der Waals surface area contributed by atoms with E-state index < -0.39 is 0 Å². The first-order valence-electron chi connectivity index (χ1n) is 7.24. The van der Waals surface area contributed by atoms with E-state index in [1.165, 1.54) is 31.2 Å². The third-order valence-corrected chi connectivity index (χ3v) is 4.08. The average molecular weight is 247 g/mol. The summed E-state index contributed by atoms with van der Waals surface area (Å²) in [4.78, 5) is 0. The van der Waals surface area contributed by atoms with E-state index in [0.717, 1.165) is 12.3 Å². The summed E-state index contributed by atoms with van der Waals surface area (Å²) >= 11 is 0. The molecule has 18 heavy (non-hydrogen) atoms. The standard InChI is InChI=1S/C16H25NO/c1-3-16(13-7-9-15(18)10-8-13)17-14-6-4-5-12(2)11-14/h7-10,12,14,16-18H,3-6,11H2,1-2H3. The second kappa shape index (κ2) is 6.24. The Morgan fingerprint density at radius 2 is 2.00 bits per heavy atom. The van der Waals surface area contributed by atoms with E-state index in [4.69, 9.17) is 0 Å². The molecule has 1 aromatic rings. The van der Waals surface area contributed by atoms with E-state index in [1.54, 1.807) is 12.1 Å². The van der Waals surface area contributed by atoms with Crippen molar-refractivity contribution >= 4 is 0 Å². The molecule has 0 aliphatic heterocycles. The summed E-state index contributed by atoms with van der Waals surface area (Å²) in [6.45, 7) is 4.58. The first-order valence-corrected chi connectivity index (χ1v) is 7.24. The predicted molar refractivity (Wildman–Crippen MR) is 75.7 cm³/mol. The molecule has 2 nitrogen and oxygen atoms in total. The minimum absolute atomic E-state index is 0.347. The molecule has 2 rings (SSSR count). The molecule has 2 heteroatoms. The number of hydrogen-bond donors (Lipinski definition) is 2. The van der Waals surface area contributed by atoms with Gasteiger partial charge < -0.3 is 10.4 Å². The molecule has 3 atom stereocenters. The highest BCUT2D eigenvalue weighted by Crippen LogP contribution is 2.27. The van der Waals surface area contributed by atoms with Crippen LogP contribution >= 0.6 is 0 Å². The maximum absolute atomic E-state index is 9.35. The third kappa shape index (κ3) is 3.49. The number of phenolic OH excluding ortho intramolecular Hbond substituents is 1. The highest BCUT2D eigenvalue weighted by atomic mass is 16.3. The molecule has 1 saturated carbocycles. The zero-order chi connectivity index (χ0) is 13.0. The van der Waals surface area contributed by atoms with E-state index in [-0.39, 0.29) is 0 Å². The van der Waals surface area contributed by atoms with Crippen molar-refractivity contribution in [2.45, 2.75) is 58.0 Å². The molecular formula is C16H25NO. The van der Waals surface area contributed by atoms with Crippen molar-refractivity contribution in [1.29, 1.82) is 0 Å². The SMILES string of the molecule is CCC(NC1CCCC(C)C1)c1ccc(O)cc1. The normalized spacial score (nSPS) is 25.9. The van der Waals surface area contributed by atoms with E-state index in [9.17, 15) is 5.11 Å². The molecule has 1 aromatic carbocycles. The van der Waals surface area contributed by atoms with Gasteiger partial charge in [-0.25, -0.2) is 0 Å². The lowest BCUT2D eigenvalue weighted by Crippen LogP contribution is -2.36. The van der Waals surface area contributed by atoms with Crippen LogP contribution in [0.5, 0.6) is 5.75 Å². The highest BCUT2D eigenvalue weighted by Gasteiger charge is 2.21. The number of aromatic hydroxyl groups is 1. The van der Waals surface area contributed by atoms with Crippen molar-refractivity contribution in [3.8, 4) is 5.75 Å². The molecule has 1 fully saturated rings. The third-order valence-electron chi connectivity index (χ3n) is 4.08. The number of hydrogen-bond acceptors (Lipinski definition) is 2. The van der Waals surface area contributed by atoms with Gasteiger partial charge in [0.05, 0.1) is 0 Å².